The van der Waals surface area contributed by atoms with Crippen LogP contribution in [0.1, 0.15) is 32.1 Å². The molecular formula is C15H24N2O4. The molecule has 3 fully saturated rings. The van der Waals surface area contributed by atoms with Gasteiger partial charge in [-0.1, -0.05) is 6.42 Å². The lowest BCUT2D eigenvalue weighted by Gasteiger charge is -2.23. The molecule has 2 atom stereocenters. The van der Waals surface area contributed by atoms with Gasteiger partial charge in [-0.05, 0) is 37.5 Å². The molecule has 0 radical (unpaired) electrons. The molecule has 6 nitrogen and oxygen atoms in total. The van der Waals surface area contributed by atoms with E-state index in [0.29, 0.717) is 32.7 Å². The first-order valence-electron chi connectivity index (χ1n) is 7.96. The van der Waals surface area contributed by atoms with Crippen molar-refractivity contribution in [3.05, 3.63) is 0 Å². The van der Waals surface area contributed by atoms with Gasteiger partial charge in [0.15, 0.2) is 0 Å². The monoisotopic (exact) mass is 296 g/mol. The Morgan fingerprint density at radius 2 is 2.14 bits per heavy atom. The highest BCUT2D eigenvalue weighted by atomic mass is 16.5. The van der Waals surface area contributed by atoms with Crippen LogP contribution in [0.15, 0.2) is 0 Å². The summed E-state index contributed by atoms with van der Waals surface area (Å²) in [7, 11) is 0. The van der Waals surface area contributed by atoms with E-state index in [9.17, 15) is 14.7 Å². The van der Waals surface area contributed by atoms with E-state index in [0.717, 1.165) is 25.4 Å². The molecule has 21 heavy (non-hydrogen) atoms. The van der Waals surface area contributed by atoms with Crippen molar-refractivity contribution in [2.45, 2.75) is 32.1 Å². The minimum Gasteiger partial charge on any atom is -0.481 e. The van der Waals surface area contributed by atoms with Gasteiger partial charge in [-0.25, -0.2) is 4.79 Å². The smallest absolute Gasteiger partial charge is 0.317 e. The number of aliphatic carboxylic acids is 1. The Morgan fingerprint density at radius 3 is 2.81 bits per heavy atom. The van der Waals surface area contributed by atoms with Crippen LogP contribution < -0.4 is 5.32 Å². The van der Waals surface area contributed by atoms with Crippen LogP contribution in [-0.2, 0) is 9.53 Å². The molecule has 3 aliphatic rings. The lowest BCUT2D eigenvalue weighted by molar-refractivity contribution is -0.149. The van der Waals surface area contributed by atoms with Gasteiger partial charge in [-0.2, -0.15) is 0 Å². The summed E-state index contributed by atoms with van der Waals surface area (Å²) in [6.07, 6.45) is 5.10. The van der Waals surface area contributed by atoms with Gasteiger partial charge in [-0.15, -0.1) is 0 Å². The fourth-order valence-corrected chi connectivity index (χ4v) is 3.67. The summed E-state index contributed by atoms with van der Waals surface area (Å²) >= 11 is 0. The predicted molar refractivity (Wildman–Crippen MR) is 75.9 cm³/mol. The standard InChI is InChI=1S/C15H24N2O4/c18-13(19)15-5-1-2-12(15)8-17(10-15)14(20)16-6-7-21-9-11-3-4-11/h11-12H,1-10H2,(H,16,20)(H,18,19)/t12-,15+/m0/s1. The molecule has 0 spiro atoms. The van der Waals surface area contributed by atoms with Crippen molar-refractivity contribution in [3.63, 3.8) is 0 Å². The summed E-state index contributed by atoms with van der Waals surface area (Å²) < 4.78 is 5.48. The van der Waals surface area contributed by atoms with Gasteiger partial charge in [0, 0.05) is 26.2 Å². The van der Waals surface area contributed by atoms with E-state index < -0.39 is 11.4 Å². The Morgan fingerprint density at radius 1 is 1.33 bits per heavy atom. The number of carbonyl (C=O) groups excluding carboxylic acids is 1. The number of hydrogen-bond acceptors (Lipinski definition) is 3. The third kappa shape index (κ3) is 3.00. The number of hydrogen-bond donors (Lipinski definition) is 2. The molecular weight excluding hydrogens is 272 g/mol. The third-order valence-electron chi connectivity index (χ3n) is 5.16. The third-order valence-corrected chi connectivity index (χ3v) is 5.16. The van der Waals surface area contributed by atoms with Crippen LogP contribution in [0, 0.1) is 17.3 Å². The van der Waals surface area contributed by atoms with E-state index in [1.165, 1.54) is 12.8 Å². The highest BCUT2D eigenvalue weighted by Crippen LogP contribution is 2.48. The quantitative estimate of drug-likeness (QED) is 0.724. The number of likely N-dealkylation sites (tertiary alicyclic amines) is 1. The molecule has 1 aliphatic heterocycles. The molecule has 2 saturated carbocycles. The number of carbonyl (C=O) groups is 2. The fourth-order valence-electron chi connectivity index (χ4n) is 3.67. The maximum atomic E-state index is 12.1. The Balaban J connectivity index is 1.42. The molecule has 0 aromatic carbocycles. The van der Waals surface area contributed by atoms with E-state index in [1.807, 2.05) is 0 Å². The number of urea groups is 1. The van der Waals surface area contributed by atoms with E-state index in [2.05, 4.69) is 5.32 Å². The Labute approximate surface area is 124 Å². The molecule has 0 aromatic heterocycles. The first-order valence-corrected chi connectivity index (χ1v) is 7.96. The summed E-state index contributed by atoms with van der Waals surface area (Å²) in [5, 5.41) is 12.3. The van der Waals surface area contributed by atoms with Gasteiger partial charge in [0.2, 0.25) is 0 Å². The van der Waals surface area contributed by atoms with E-state index in [-0.39, 0.29) is 11.9 Å². The molecule has 6 heteroatoms. The molecule has 0 aromatic rings. The molecule has 3 rings (SSSR count). The molecule has 118 valence electrons. The largest absolute Gasteiger partial charge is 0.481 e. The average molecular weight is 296 g/mol. The minimum absolute atomic E-state index is 0.117. The topological polar surface area (TPSA) is 78.9 Å². The molecule has 0 bridgehead atoms. The van der Waals surface area contributed by atoms with Gasteiger partial charge in [0.05, 0.1) is 12.0 Å². The summed E-state index contributed by atoms with van der Waals surface area (Å²) in [6.45, 7) is 2.74. The average Bonchev–Trinajstić information content (AvgIpc) is 3.05. The SMILES string of the molecule is O=C(NCCOCC1CC1)N1C[C@@H]2CCC[C@@]2(C(=O)O)C1. The van der Waals surface area contributed by atoms with Crippen molar-refractivity contribution >= 4 is 12.0 Å². The zero-order valence-corrected chi connectivity index (χ0v) is 12.3. The number of nitrogens with zero attached hydrogens (tertiary/aromatic N) is 1. The van der Waals surface area contributed by atoms with Crippen LogP contribution in [-0.4, -0.2) is 54.9 Å². The molecule has 1 heterocycles. The highest BCUT2D eigenvalue weighted by molar-refractivity contribution is 5.80. The number of carboxylic acid groups (broad SMARTS) is 1. The molecule has 0 unspecified atom stereocenters. The van der Waals surface area contributed by atoms with Crippen LogP contribution in [0.3, 0.4) is 0 Å². The molecule has 2 aliphatic carbocycles. The van der Waals surface area contributed by atoms with Gasteiger partial charge >= 0.3 is 12.0 Å². The number of carboxylic acids is 1. The normalized spacial score (nSPS) is 31.2. The number of amides is 2. The van der Waals surface area contributed by atoms with Crippen molar-refractivity contribution < 1.29 is 19.4 Å². The van der Waals surface area contributed by atoms with Gasteiger partial charge < -0.3 is 20.1 Å². The van der Waals surface area contributed by atoms with Crippen molar-refractivity contribution in [1.29, 1.82) is 0 Å². The maximum absolute atomic E-state index is 12.1. The van der Waals surface area contributed by atoms with Crippen LogP contribution in [0.2, 0.25) is 0 Å². The minimum atomic E-state index is -0.743. The van der Waals surface area contributed by atoms with Gasteiger partial charge in [0.25, 0.3) is 0 Å². The number of fused-ring (bicyclic) bond motifs is 1. The second-order valence-corrected chi connectivity index (χ2v) is 6.68. The molecule has 1 saturated heterocycles. The maximum Gasteiger partial charge on any atom is 0.317 e. The van der Waals surface area contributed by atoms with E-state index in [4.69, 9.17) is 4.74 Å². The summed E-state index contributed by atoms with van der Waals surface area (Å²) in [5.74, 6) is 0.106. The van der Waals surface area contributed by atoms with Crippen molar-refractivity contribution in [2.75, 3.05) is 32.8 Å². The van der Waals surface area contributed by atoms with Crippen molar-refractivity contribution in [3.8, 4) is 0 Å². The summed E-state index contributed by atoms with van der Waals surface area (Å²) in [5.41, 5.74) is -0.695. The van der Waals surface area contributed by atoms with Crippen LogP contribution >= 0.6 is 0 Å². The van der Waals surface area contributed by atoms with Gasteiger partial charge in [0.1, 0.15) is 0 Å². The Kier molecular flexibility index (Phi) is 4.06. The summed E-state index contributed by atoms with van der Waals surface area (Å²) in [6, 6.07) is -0.153. The zero-order valence-electron chi connectivity index (χ0n) is 12.3. The summed E-state index contributed by atoms with van der Waals surface area (Å²) in [4.78, 5) is 25.3. The second kappa shape index (κ2) is 5.83. The number of nitrogens with one attached hydrogen (secondary N) is 1. The molecule has 2 amide bonds. The van der Waals surface area contributed by atoms with Crippen LogP contribution in [0.25, 0.3) is 0 Å². The number of rotatable bonds is 6. The van der Waals surface area contributed by atoms with Crippen LogP contribution in [0.5, 0.6) is 0 Å². The van der Waals surface area contributed by atoms with E-state index >= 15 is 0 Å². The Bertz CT molecular complexity index is 424. The number of ether oxygens (including phenoxy) is 1. The highest BCUT2D eigenvalue weighted by Gasteiger charge is 2.55. The van der Waals surface area contributed by atoms with Crippen LogP contribution in [0.4, 0.5) is 4.79 Å². The Hall–Kier alpha value is -1.30. The van der Waals surface area contributed by atoms with Gasteiger partial charge in [-0.3, -0.25) is 4.79 Å². The molecule has 2 N–H and O–H groups in total. The van der Waals surface area contributed by atoms with Crippen molar-refractivity contribution in [1.82, 2.24) is 10.2 Å². The van der Waals surface area contributed by atoms with E-state index in [1.54, 1.807) is 4.90 Å². The second-order valence-electron chi connectivity index (χ2n) is 6.68. The fraction of sp³-hybridized carbons (Fsp3) is 0.867. The lowest BCUT2D eigenvalue weighted by atomic mass is 9.81. The lowest BCUT2D eigenvalue weighted by Crippen LogP contribution is -2.42. The zero-order chi connectivity index (χ0) is 14.9. The first kappa shape index (κ1) is 14.6. The van der Waals surface area contributed by atoms with Crippen molar-refractivity contribution in [2.24, 2.45) is 17.3 Å². The first-order chi connectivity index (χ1) is 10.1. The predicted octanol–water partition coefficient (Wildman–Crippen LogP) is 1.31.